The molecule has 0 aliphatic heterocycles. The second kappa shape index (κ2) is 6.24. The number of hydrogen-bond donors (Lipinski definition) is 2. The van der Waals surface area contributed by atoms with E-state index in [4.69, 9.17) is 0 Å². The highest BCUT2D eigenvalue weighted by molar-refractivity contribution is 5.75. The molecule has 0 bridgehead atoms. The van der Waals surface area contributed by atoms with Crippen LogP contribution in [0.3, 0.4) is 0 Å². The van der Waals surface area contributed by atoms with Crippen LogP contribution in [0.2, 0.25) is 0 Å². The number of amides is 1. The van der Waals surface area contributed by atoms with E-state index in [9.17, 15) is 18.0 Å². The molecule has 1 amide bonds. The second-order valence-corrected chi connectivity index (χ2v) is 3.46. The molecule has 0 aliphatic rings. The molecule has 1 aromatic rings. The van der Waals surface area contributed by atoms with Gasteiger partial charge in [0.15, 0.2) is 11.6 Å². The zero-order chi connectivity index (χ0) is 12.8. The molecule has 0 saturated carbocycles. The van der Waals surface area contributed by atoms with Gasteiger partial charge in [-0.1, -0.05) is 0 Å². The van der Waals surface area contributed by atoms with E-state index >= 15 is 0 Å². The van der Waals surface area contributed by atoms with Crippen molar-refractivity contribution in [2.24, 2.45) is 0 Å². The quantitative estimate of drug-likeness (QED) is 0.608. The Morgan fingerprint density at radius 3 is 2.47 bits per heavy atom. The first-order chi connectivity index (χ1) is 8.04. The molecule has 94 valence electrons. The van der Waals surface area contributed by atoms with Crippen molar-refractivity contribution < 1.29 is 18.0 Å². The Morgan fingerprint density at radius 1 is 1.18 bits per heavy atom. The van der Waals surface area contributed by atoms with Crippen LogP contribution in [0.5, 0.6) is 0 Å². The fraction of sp³-hybridized carbons (Fsp3) is 0.364. The van der Waals surface area contributed by atoms with E-state index in [0.29, 0.717) is 12.6 Å². The van der Waals surface area contributed by atoms with Gasteiger partial charge in [-0.3, -0.25) is 4.79 Å². The lowest BCUT2D eigenvalue weighted by molar-refractivity contribution is -0.120. The Morgan fingerprint density at radius 2 is 1.82 bits per heavy atom. The van der Waals surface area contributed by atoms with Crippen LogP contribution in [0.1, 0.15) is 12.0 Å². The van der Waals surface area contributed by atoms with E-state index in [0.717, 1.165) is 6.07 Å². The molecule has 17 heavy (non-hydrogen) atoms. The Hall–Kier alpha value is -1.56. The maximum Gasteiger partial charge on any atom is 0.221 e. The van der Waals surface area contributed by atoms with E-state index in [-0.39, 0.29) is 24.4 Å². The molecule has 6 heteroatoms. The van der Waals surface area contributed by atoms with E-state index in [1.165, 1.54) is 7.05 Å². The monoisotopic (exact) mass is 246 g/mol. The molecule has 0 saturated heterocycles. The average Bonchev–Trinajstić information content (AvgIpc) is 2.30. The molecule has 0 aromatic heterocycles. The molecule has 2 N–H and O–H groups in total. The lowest BCUT2D eigenvalue weighted by Gasteiger charge is -2.06. The topological polar surface area (TPSA) is 41.1 Å². The normalized spacial score (nSPS) is 10.4. The van der Waals surface area contributed by atoms with Crippen molar-refractivity contribution in [1.82, 2.24) is 10.6 Å². The number of rotatable bonds is 5. The summed E-state index contributed by atoms with van der Waals surface area (Å²) in [4.78, 5) is 10.9. The van der Waals surface area contributed by atoms with Crippen LogP contribution in [-0.4, -0.2) is 19.5 Å². The molecular weight excluding hydrogens is 233 g/mol. The van der Waals surface area contributed by atoms with Gasteiger partial charge >= 0.3 is 0 Å². The summed E-state index contributed by atoms with van der Waals surface area (Å²) < 4.78 is 38.6. The van der Waals surface area contributed by atoms with E-state index in [2.05, 4.69) is 10.6 Å². The van der Waals surface area contributed by atoms with Gasteiger partial charge in [0.1, 0.15) is 5.82 Å². The molecular formula is C11H13F3N2O. The van der Waals surface area contributed by atoms with Crippen molar-refractivity contribution >= 4 is 5.91 Å². The maximum absolute atomic E-state index is 13.2. The fourth-order valence-corrected chi connectivity index (χ4v) is 1.25. The fourth-order valence-electron chi connectivity index (χ4n) is 1.25. The molecule has 0 heterocycles. The standard InChI is InChI=1S/C11H13F3N2O/c1-15-11(17)2-3-16-6-7-4-9(13)10(14)5-8(7)12/h4-5,16H,2-3,6H2,1H3,(H,15,17). The number of carbonyl (C=O) groups excluding carboxylic acids is 1. The minimum absolute atomic E-state index is 0.0285. The minimum Gasteiger partial charge on any atom is -0.359 e. The molecule has 0 unspecified atom stereocenters. The summed E-state index contributed by atoms with van der Waals surface area (Å²) in [6, 6.07) is 1.31. The first-order valence-corrected chi connectivity index (χ1v) is 5.09. The third-order valence-corrected chi connectivity index (χ3v) is 2.21. The molecule has 0 radical (unpaired) electrons. The Labute approximate surface area is 97.0 Å². The smallest absolute Gasteiger partial charge is 0.221 e. The van der Waals surface area contributed by atoms with Crippen LogP contribution in [0.15, 0.2) is 12.1 Å². The first kappa shape index (κ1) is 13.5. The predicted octanol–water partition coefficient (Wildman–Crippen LogP) is 1.33. The summed E-state index contributed by atoms with van der Waals surface area (Å²) in [7, 11) is 1.51. The number of carbonyl (C=O) groups is 1. The molecule has 0 atom stereocenters. The summed E-state index contributed by atoms with van der Waals surface area (Å²) in [5.41, 5.74) is 0.0285. The van der Waals surface area contributed by atoms with Gasteiger partial charge in [-0.15, -0.1) is 0 Å². The van der Waals surface area contributed by atoms with Crippen LogP contribution in [0, 0.1) is 17.5 Å². The lowest BCUT2D eigenvalue weighted by Crippen LogP contribution is -2.24. The van der Waals surface area contributed by atoms with Crippen molar-refractivity contribution in [3.8, 4) is 0 Å². The Bertz CT molecular complexity index is 410. The predicted molar refractivity (Wildman–Crippen MR) is 56.7 cm³/mol. The summed E-state index contributed by atoms with van der Waals surface area (Å²) in [6.07, 6.45) is 0.238. The van der Waals surface area contributed by atoms with Crippen LogP contribution in [0.25, 0.3) is 0 Å². The summed E-state index contributed by atoms with van der Waals surface area (Å²) in [5, 5.41) is 5.19. The van der Waals surface area contributed by atoms with Crippen LogP contribution >= 0.6 is 0 Å². The Balaban J connectivity index is 2.47. The summed E-state index contributed by atoms with van der Waals surface area (Å²) in [5.74, 6) is -3.26. The average molecular weight is 246 g/mol. The third kappa shape index (κ3) is 4.07. The highest BCUT2D eigenvalue weighted by Crippen LogP contribution is 2.13. The number of nitrogens with one attached hydrogen (secondary N) is 2. The van der Waals surface area contributed by atoms with Crippen LogP contribution < -0.4 is 10.6 Å². The minimum atomic E-state index is -1.21. The van der Waals surface area contributed by atoms with Crippen LogP contribution in [-0.2, 0) is 11.3 Å². The largest absolute Gasteiger partial charge is 0.359 e. The molecule has 1 aromatic carbocycles. The van der Waals surface area contributed by atoms with Crippen molar-refractivity contribution in [1.29, 1.82) is 0 Å². The number of halogens is 3. The molecule has 0 fully saturated rings. The number of benzene rings is 1. The highest BCUT2D eigenvalue weighted by Gasteiger charge is 2.09. The molecule has 1 rings (SSSR count). The van der Waals surface area contributed by atoms with Crippen molar-refractivity contribution in [2.75, 3.05) is 13.6 Å². The molecule has 3 nitrogen and oxygen atoms in total. The van der Waals surface area contributed by atoms with E-state index in [1.54, 1.807) is 0 Å². The number of hydrogen-bond acceptors (Lipinski definition) is 2. The first-order valence-electron chi connectivity index (χ1n) is 5.09. The zero-order valence-electron chi connectivity index (χ0n) is 9.32. The lowest BCUT2D eigenvalue weighted by atomic mass is 10.2. The van der Waals surface area contributed by atoms with Gasteiger partial charge in [0, 0.05) is 38.2 Å². The van der Waals surface area contributed by atoms with Gasteiger partial charge in [0.2, 0.25) is 5.91 Å². The van der Waals surface area contributed by atoms with E-state index in [1.807, 2.05) is 0 Å². The second-order valence-electron chi connectivity index (χ2n) is 3.46. The summed E-state index contributed by atoms with van der Waals surface area (Å²) >= 11 is 0. The van der Waals surface area contributed by atoms with Gasteiger partial charge in [0.05, 0.1) is 0 Å². The van der Waals surface area contributed by atoms with Gasteiger partial charge in [-0.05, 0) is 6.07 Å². The molecule has 0 spiro atoms. The maximum atomic E-state index is 13.2. The van der Waals surface area contributed by atoms with Crippen molar-refractivity contribution in [3.63, 3.8) is 0 Å². The Kier molecular flexibility index (Phi) is 4.96. The van der Waals surface area contributed by atoms with Gasteiger partial charge in [-0.25, -0.2) is 13.2 Å². The van der Waals surface area contributed by atoms with Gasteiger partial charge in [0.25, 0.3) is 0 Å². The SMILES string of the molecule is CNC(=O)CCNCc1cc(F)c(F)cc1F. The van der Waals surface area contributed by atoms with Crippen LogP contribution in [0.4, 0.5) is 13.2 Å². The zero-order valence-corrected chi connectivity index (χ0v) is 9.32. The third-order valence-electron chi connectivity index (χ3n) is 2.21. The van der Waals surface area contributed by atoms with Gasteiger partial charge in [-0.2, -0.15) is 0 Å². The van der Waals surface area contributed by atoms with Gasteiger partial charge < -0.3 is 10.6 Å². The van der Waals surface area contributed by atoms with Crippen molar-refractivity contribution in [3.05, 3.63) is 35.1 Å². The summed E-state index contributed by atoms with van der Waals surface area (Å²) in [6.45, 7) is 0.373. The van der Waals surface area contributed by atoms with E-state index < -0.39 is 17.5 Å². The highest BCUT2D eigenvalue weighted by atomic mass is 19.2. The van der Waals surface area contributed by atoms with Crippen molar-refractivity contribution in [2.45, 2.75) is 13.0 Å². The molecule has 0 aliphatic carbocycles.